The van der Waals surface area contributed by atoms with Gasteiger partial charge in [0.1, 0.15) is 11.8 Å². The number of hydrogen-bond donors (Lipinski definition) is 2. The van der Waals surface area contributed by atoms with Crippen LogP contribution >= 0.6 is 0 Å². The molecule has 0 unspecified atom stereocenters. The number of phenolic OH excluding ortho intramolecular Hbond substituents is 1. The summed E-state index contributed by atoms with van der Waals surface area (Å²) in [7, 11) is 0. The maximum Gasteiger partial charge on any atom is 0.132 e. The standard InChI is InChI=1S/C12H17NO3/c1-7(2)10(11(13)12(15)16)8-3-5-9(14)6-4-8/h3-7,10-11,14H,13H2,1-2H3,(H,15,16)/t10-,11+/m0/s1. The van der Waals surface area contributed by atoms with E-state index in [1.807, 2.05) is 13.8 Å². The zero-order valence-electron chi connectivity index (χ0n) is 9.51. The minimum Gasteiger partial charge on any atom is -0.544 e. The van der Waals surface area contributed by atoms with Crippen molar-refractivity contribution in [2.24, 2.45) is 5.92 Å². The minimum atomic E-state index is -1.15. The molecule has 0 aliphatic rings. The van der Waals surface area contributed by atoms with E-state index in [0.717, 1.165) is 5.56 Å². The van der Waals surface area contributed by atoms with Gasteiger partial charge in [0.05, 0.1) is 5.97 Å². The first kappa shape index (κ1) is 12.5. The molecule has 88 valence electrons. The van der Waals surface area contributed by atoms with Gasteiger partial charge in [-0.2, -0.15) is 0 Å². The molecule has 1 aromatic rings. The zero-order chi connectivity index (χ0) is 12.3. The second kappa shape index (κ2) is 4.99. The lowest BCUT2D eigenvalue weighted by Gasteiger charge is -2.25. The van der Waals surface area contributed by atoms with Crippen molar-refractivity contribution in [3.8, 4) is 5.75 Å². The van der Waals surface area contributed by atoms with Crippen molar-refractivity contribution in [3.63, 3.8) is 0 Å². The number of quaternary nitrogens is 1. The highest BCUT2D eigenvalue weighted by atomic mass is 16.4. The lowest BCUT2D eigenvalue weighted by molar-refractivity contribution is -0.444. The summed E-state index contributed by atoms with van der Waals surface area (Å²) < 4.78 is 0. The second-order valence-electron chi connectivity index (χ2n) is 4.29. The van der Waals surface area contributed by atoms with Gasteiger partial charge in [0.25, 0.3) is 0 Å². The number of benzene rings is 1. The zero-order valence-corrected chi connectivity index (χ0v) is 9.51. The SMILES string of the molecule is CC(C)[C@@H](c1ccc(O)cc1)[C@@H]([NH3+])C(=O)[O-]. The van der Waals surface area contributed by atoms with Gasteiger partial charge in [0, 0.05) is 5.92 Å². The number of phenols is 1. The molecule has 1 aromatic carbocycles. The van der Waals surface area contributed by atoms with Crippen molar-refractivity contribution >= 4 is 5.97 Å². The molecule has 4 nitrogen and oxygen atoms in total. The van der Waals surface area contributed by atoms with Crippen LogP contribution in [-0.2, 0) is 4.79 Å². The number of carboxylic acids is 1. The van der Waals surface area contributed by atoms with E-state index in [9.17, 15) is 15.0 Å². The van der Waals surface area contributed by atoms with E-state index < -0.39 is 12.0 Å². The summed E-state index contributed by atoms with van der Waals surface area (Å²) in [6.07, 6.45) is 0. The van der Waals surface area contributed by atoms with E-state index in [0.29, 0.717) is 0 Å². The van der Waals surface area contributed by atoms with Crippen molar-refractivity contribution in [3.05, 3.63) is 29.8 Å². The Morgan fingerprint density at radius 2 is 1.81 bits per heavy atom. The molecule has 0 amide bonds. The molecule has 0 aromatic heterocycles. The van der Waals surface area contributed by atoms with Gasteiger partial charge in [-0.15, -0.1) is 0 Å². The van der Waals surface area contributed by atoms with Crippen LogP contribution in [0.1, 0.15) is 25.3 Å². The molecule has 0 aliphatic heterocycles. The number of aliphatic carboxylic acids is 1. The minimum absolute atomic E-state index is 0.143. The Labute approximate surface area is 94.7 Å². The molecule has 0 bridgehead atoms. The average molecular weight is 223 g/mol. The van der Waals surface area contributed by atoms with E-state index in [1.54, 1.807) is 24.3 Å². The Hall–Kier alpha value is -1.55. The number of carbonyl (C=O) groups excluding carboxylic acids is 1. The van der Waals surface area contributed by atoms with Crippen molar-refractivity contribution < 1.29 is 20.7 Å². The third-order valence-electron chi connectivity index (χ3n) is 2.73. The smallest absolute Gasteiger partial charge is 0.132 e. The molecule has 4 heteroatoms. The highest BCUT2D eigenvalue weighted by molar-refractivity contribution is 5.70. The molecular formula is C12H17NO3. The van der Waals surface area contributed by atoms with E-state index in [2.05, 4.69) is 5.73 Å². The lowest BCUT2D eigenvalue weighted by Crippen LogP contribution is -2.71. The third kappa shape index (κ3) is 2.73. The largest absolute Gasteiger partial charge is 0.544 e. The molecule has 0 radical (unpaired) electrons. The summed E-state index contributed by atoms with van der Waals surface area (Å²) in [6, 6.07) is 5.76. The molecular weight excluding hydrogens is 206 g/mol. The van der Waals surface area contributed by atoms with Crippen LogP contribution in [0.15, 0.2) is 24.3 Å². The van der Waals surface area contributed by atoms with Crippen LogP contribution in [-0.4, -0.2) is 17.1 Å². The number of carboxylic acid groups (broad SMARTS) is 1. The number of aromatic hydroxyl groups is 1. The van der Waals surface area contributed by atoms with Crippen LogP contribution in [0.2, 0.25) is 0 Å². The Balaban J connectivity index is 3.03. The fourth-order valence-electron chi connectivity index (χ4n) is 1.92. The summed E-state index contributed by atoms with van der Waals surface area (Å²) in [6.45, 7) is 3.89. The van der Waals surface area contributed by atoms with Gasteiger partial charge in [-0.3, -0.25) is 0 Å². The van der Waals surface area contributed by atoms with Gasteiger partial charge < -0.3 is 20.7 Å². The van der Waals surface area contributed by atoms with Gasteiger partial charge in [0.15, 0.2) is 0 Å². The van der Waals surface area contributed by atoms with Crippen molar-refractivity contribution in [2.45, 2.75) is 25.8 Å². The monoisotopic (exact) mass is 223 g/mol. The quantitative estimate of drug-likeness (QED) is 0.720. The van der Waals surface area contributed by atoms with Gasteiger partial charge in [-0.25, -0.2) is 0 Å². The van der Waals surface area contributed by atoms with Crippen LogP contribution in [0.4, 0.5) is 0 Å². The fourth-order valence-corrected chi connectivity index (χ4v) is 1.92. The molecule has 0 heterocycles. The van der Waals surface area contributed by atoms with Crippen molar-refractivity contribution in [2.75, 3.05) is 0 Å². The van der Waals surface area contributed by atoms with Crippen molar-refractivity contribution in [1.82, 2.24) is 0 Å². The van der Waals surface area contributed by atoms with Crippen molar-refractivity contribution in [1.29, 1.82) is 0 Å². The predicted octanol–water partition coefficient (Wildman–Crippen LogP) is -0.508. The van der Waals surface area contributed by atoms with Gasteiger partial charge in [0.2, 0.25) is 0 Å². The number of hydrogen-bond acceptors (Lipinski definition) is 3. The van der Waals surface area contributed by atoms with Crippen LogP contribution in [0.25, 0.3) is 0 Å². The normalized spacial score (nSPS) is 14.8. The Morgan fingerprint density at radius 3 is 2.19 bits per heavy atom. The summed E-state index contributed by atoms with van der Waals surface area (Å²) in [4.78, 5) is 10.9. The Kier molecular flexibility index (Phi) is 3.90. The van der Waals surface area contributed by atoms with E-state index in [-0.39, 0.29) is 17.6 Å². The maximum absolute atomic E-state index is 10.9. The summed E-state index contributed by atoms with van der Waals surface area (Å²) in [5, 5.41) is 20.0. The molecule has 16 heavy (non-hydrogen) atoms. The van der Waals surface area contributed by atoms with Crippen LogP contribution < -0.4 is 10.8 Å². The molecule has 0 aliphatic carbocycles. The van der Waals surface area contributed by atoms with Crippen LogP contribution in [0, 0.1) is 5.92 Å². The summed E-state index contributed by atoms with van der Waals surface area (Å²) in [5.74, 6) is -1.04. The topological polar surface area (TPSA) is 88.0 Å². The van der Waals surface area contributed by atoms with E-state index in [1.165, 1.54) is 0 Å². The van der Waals surface area contributed by atoms with Gasteiger partial charge >= 0.3 is 0 Å². The highest BCUT2D eigenvalue weighted by Crippen LogP contribution is 2.27. The molecule has 1 rings (SSSR count). The Morgan fingerprint density at radius 1 is 1.31 bits per heavy atom. The summed E-state index contributed by atoms with van der Waals surface area (Å²) >= 11 is 0. The second-order valence-corrected chi connectivity index (χ2v) is 4.29. The van der Waals surface area contributed by atoms with E-state index >= 15 is 0 Å². The van der Waals surface area contributed by atoms with Crippen LogP contribution in [0.3, 0.4) is 0 Å². The van der Waals surface area contributed by atoms with Gasteiger partial charge in [-0.1, -0.05) is 26.0 Å². The summed E-state index contributed by atoms with van der Waals surface area (Å²) in [5.41, 5.74) is 4.49. The number of rotatable bonds is 4. The van der Waals surface area contributed by atoms with Gasteiger partial charge in [-0.05, 0) is 23.6 Å². The van der Waals surface area contributed by atoms with E-state index in [4.69, 9.17) is 0 Å². The molecule has 0 spiro atoms. The molecule has 4 N–H and O–H groups in total. The average Bonchev–Trinajstić information content (AvgIpc) is 2.20. The Bertz CT molecular complexity index is 359. The molecule has 0 saturated carbocycles. The first-order valence-corrected chi connectivity index (χ1v) is 5.26. The first-order valence-electron chi connectivity index (χ1n) is 5.26. The third-order valence-corrected chi connectivity index (χ3v) is 2.73. The molecule has 0 fully saturated rings. The van der Waals surface area contributed by atoms with Crippen LogP contribution in [0.5, 0.6) is 5.75 Å². The predicted molar refractivity (Wildman–Crippen MR) is 57.4 cm³/mol. The fraction of sp³-hybridized carbons (Fsp3) is 0.417. The first-order chi connectivity index (χ1) is 7.43. The maximum atomic E-state index is 10.9. The highest BCUT2D eigenvalue weighted by Gasteiger charge is 2.27. The molecule has 2 atom stereocenters. The molecule has 0 saturated heterocycles. The lowest BCUT2D eigenvalue weighted by atomic mass is 9.83. The number of carbonyl (C=O) groups is 1.